The number of nitrogens with zero attached hydrogens (tertiary/aromatic N) is 5. The van der Waals surface area contributed by atoms with Crippen LogP contribution in [0.2, 0.25) is 5.02 Å². The molecule has 1 aromatic carbocycles. The van der Waals surface area contributed by atoms with Crippen LogP contribution in [-0.4, -0.2) is 76.4 Å². The van der Waals surface area contributed by atoms with Crippen LogP contribution in [0.25, 0.3) is 22.2 Å². The minimum atomic E-state index is -4.85. The van der Waals surface area contributed by atoms with Gasteiger partial charge in [0, 0.05) is 43.5 Å². The number of rotatable bonds is 5. The van der Waals surface area contributed by atoms with E-state index in [9.17, 15) is 17.6 Å². The molecule has 4 fully saturated rings. The Hall–Kier alpha value is -3.03. The fraction of sp³-hybridized carbons (Fsp3) is 0.552. The number of ether oxygens (including phenoxy) is 1. The molecule has 4 aliphatic rings. The van der Waals surface area contributed by atoms with Crippen LogP contribution in [0.15, 0.2) is 12.1 Å². The molecule has 4 aliphatic heterocycles. The summed E-state index contributed by atoms with van der Waals surface area (Å²) in [5, 5.41) is 3.52. The molecule has 2 bridgehead atoms. The van der Waals surface area contributed by atoms with Gasteiger partial charge in [0.2, 0.25) is 0 Å². The number of alkyl halides is 4. The van der Waals surface area contributed by atoms with Gasteiger partial charge in [-0.1, -0.05) is 11.6 Å². The zero-order chi connectivity index (χ0) is 30.3. The molecule has 230 valence electrons. The maximum absolute atomic E-state index is 16.6. The van der Waals surface area contributed by atoms with Crippen LogP contribution in [0, 0.1) is 12.7 Å². The number of piperazine rings is 1. The van der Waals surface area contributed by atoms with Crippen LogP contribution in [0.1, 0.15) is 43.2 Å². The van der Waals surface area contributed by atoms with Crippen LogP contribution in [0.3, 0.4) is 0 Å². The highest BCUT2D eigenvalue weighted by Crippen LogP contribution is 2.45. The summed E-state index contributed by atoms with van der Waals surface area (Å²) < 4.78 is 79.7. The lowest BCUT2D eigenvalue weighted by atomic mass is 9.95. The van der Waals surface area contributed by atoms with E-state index >= 15 is 4.39 Å². The predicted molar refractivity (Wildman–Crippen MR) is 153 cm³/mol. The summed E-state index contributed by atoms with van der Waals surface area (Å²) >= 11 is 6.56. The molecule has 0 radical (unpaired) electrons. The first-order chi connectivity index (χ1) is 20.4. The van der Waals surface area contributed by atoms with Crippen molar-refractivity contribution in [3.63, 3.8) is 0 Å². The highest BCUT2D eigenvalue weighted by atomic mass is 35.5. The van der Waals surface area contributed by atoms with Gasteiger partial charge in [-0.05, 0) is 56.8 Å². The molecule has 4 atom stereocenters. The average molecular weight is 624 g/mol. The van der Waals surface area contributed by atoms with Gasteiger partial charge in [-0.25, -0.2) is 13.8 Å². The standard InChI is InChI=1S/C29H31ClF5N7O/c1-14-7-20(36)38-25(22(14)29(33,34)35)21-19(30)8-18-24(23(21)32)39-27(40-26(18)41-11-16-3-4-17(12-41)37-16)43-13-28-5-2-6-42(28)10-15(31)9-28/h7-8,15-17,37H,2-6,9-13H2,1H3,(H2,36,38)/t15-,16?,17?,28?/m1/s1. The van der Waals surface area contributed by atoms with Crippen molar-refractivity contribution in [2.45, 2.75) is 69.0 Å². The van der Waals surface area contributed by atoms with E-state index < -0.39 is 40.5 Å². The third-order valence-corrected chi connectivity index (χ3v) is 9.64. The number of aromatic nitrogens is 3. The molecule has 2 aromatic heterocycles. The van der Waals surface area contributed by atoms with Gasteiger partial charge >= 0.3 is 12.2 Å². The minimum Gasteiger partial charge on any atom is -0.461 e. The minimum absolute atomic E-state index is 0.113. The van der Waals surface area contributed by atoms with E-state index in [1.54, 1.807) is 0 Å². The van der Waals surface area contributed by atoms with Gasteiger partial charge in [-0.2, -0.15) is 23.1 Å². The molecule has 0 amide bonds. The number of hydrogen-bond donors (Lipinski definition) is 2. The van der Waals surface area contributed by atoms with Gasteiger partial charge in [0.05, 0.1) is 27.4 Å². The van der Waals surface area contributed by atoms with Crippen molar-refractivity contribution in [2.24, 2.45) is 0 Å². The van der Waals surface area contributed by atoms with Crippen LogP contribution in [0.4, 0.5) is 33.6 Å². The van der Waals surface area contributed by atoms with Gasteiger partial charge in [0.25, 0.3) is 0 Å². The molecule has 43 heavy (non-hydrogen) atoms. The Balaban J connectivity index is 1.38. The number of anilines is 2. The molecule has 7 rings (SSSR count). The molecule has 3 N–H and O–H groups in total. The fourth-order valence-electron chi connectivity index (χ4n) is 7.54. The molecule has 3 aromatic rings. The van der Waals surface area contributed by atoms with Crippen molar-refractivity contribution in [3.05, 3.63) is 34.1 Å². The number of aryl methyl sites for hydroxylation is 1. The second-order valence-corrected chi connectivity index (χ2v) is 12.7. The molecule has 0 spiro atoms. The molecule has 8 nitrogen and oxygen atoms in total. The van der Waals surface area contributed by atoms with E-state index in [-0.39, 0.29) is 52.0 Å². The second-order valence-electron chi connectivity index (χ2n) is 12.3. The van der Waals surface area contributed by atoms with Crippen molar-refractivity contribution >= 4 is 34.1 Å². The van der Waals surface area contributed by atoms with Crippen LogP contribution in [0.5, 0.6) is 6.01 Å². The molecular formula is C29H31ClF5N7O. The zero-order valence-corrected chi connectivity index (χ0v) is 24.2. The molecule has 4 saturated heterocycles. The van der Waals surface area contributed by atoms with E-state index in [1.165, 1.54) is 13.0 Å². The molecule has 0 saturated carbocycles. The highest BCUT2D eigenvalue weighted by molar-refractivity contribution is 6.34. The first-order valence-electron chi connectivity index (χ1n) is 14.5. The summed E-state index contributed by atoms with van der Waals surface area (Å²) in [5.41, 5.74) is 2.47. The number of nitrogen functional groups attached to an aromatic ring is 1. The number of fused-ring (bicyclic) bond motifs is 4. The highest BCUT2D eigenvalue weighted by Gasteiger charge is 2.49. The lowest BCUT2D eigenvalue weighted by Gasteiger charge is -2.34. The van der Waals surface area contributed by atoms with Crippen LogP contribution >= 0.6 is 11.6 Å². The Morgan fingerprint density at radius 2 is 1.88 bits per heavy atom. The van der Waals surface area contributed by atoms with Gasteiger partial charge < -0.3 is 20.7 Å². The van der Waals surface area contributed by atoms with E-state index in [0.717, 1.165) is 38.3 Å². The number of pyridine rings is 1. The Labute approximate surface area is 249 Å². The number of nitrogens with one attached hydrogen (secondary N) is 1. The number of hydrogen-bond acceptors (Lipinski definition) is 8. The summed E-state index contributed by atoms with van der Waals surface area (Å²) in [7, 11) is 0. The van der Waals surface area contributed by atoms with Crippen molar-refractivity contribution in [1.82, 2.24) is 25.2 Å². The largest absolute Gasteiger partial charge is 0.461 e. The maximum atomic E-state index is 16.6. The summed E-state index contributed by atoms with van der Waals surface area (Å²) in [6.45, 7) is 3.64. The topological polar surface area (TPSA) is 92.4 Å². The van der Waals surface area contributed by atoms with Crippen LogP contribution in [-0.2, 0) is 6.18 Å². The molecule has 14 heteroatoms. The second kappa shape index (κ2) is 10.3. The third kappa shape index (κ3) is 4.93. The first kappa shape index (κ1) is 28.7. The number of nitrogens with two attached hydrogens (primary N) is 1. The van der Waals surface area contributed by atoms with Crippen molar-refractivity contribution in [2.75, 3.05) is 43.4 Å². The normalized spacial score (nSPS) is 27.3. The van der Waals surface area contributed by atoms with Gasteiger partial charge in [0.15, 0.2) is 5.82 Å². The SMILES string of the molecule is Cc1cc(N)nc(-c2c(Cl)cc3c(N4CC5CCC(C4)N5)nc(OCC45CCCN4C[C@H](F)C5)nc3c2F)c1C(F)(F)F. The van der Waals surface area contributed by atoms with E-state index in [1.807, 2.05) is 4.90 Å². The predicted octanol–water partition coefficient (Wildman–Crippen LogP) is 5.29. The fourth-order valence-corrected chi connectivity index (χ4v) is 7.82. The average Bonchev–Trinajstić information content (AvgIpc) is 3.56. The molecule has 0 aliphatic carbocycles. The quantitative estimate of drug-likeness (QED) is 0.371. The van der Waals surface area contributed by atoms with Crippen molar-refractivity contribution < 1.29 is 26.7 Å². The Morgan fingerprint density at radius 3 is 2.60 bits per heavy atom. The lowest BCUT2D eigenvalue weighted by Crippen LogP contribution is -2.51. The molecule has 3 unspecified atom stereocenters. The lowest BCUT2D eigenvalue weighted by molar-refractivity contribution is -0.137. The summed E-state index contributed by atoms with van der Waals surface area (Å²) in [6.07, 6.45) is -1.86. The molecular weight excluding hydrogens is 593 g/mol. The van der Waals surface area contributed by atoms with Gasteiger partial charge in [-0.15, -0.1) is 0 Å². The number of benzene rings is 1. The molecule has 6 heterocycles. The third-order valence-electron chi connectivity index (χ3n) is 9.35. The summed E-state index contributed by atoms with van der Waals surface area (Å²) in [6, 6.07) is 2.78. The van der Waals surface area contributed by atoms with Crippen molar-refractivity contribution in [1.29, 1.82) is 0 Å². The van der Waals surface area contributed by atoms with E-state index in [4.69, 9.17) is 27.1 Å². The monoisotopic (exact) mass is 623 g/mol. The Morgan fingerprint density at radius 1 is 1.14 bits per heavy atom. The van der Waals surface area contributed by atoms with E-state index in [2.05, 4.69) is 20.2 Å². The smallest absolute Gasteiger partial charge is 0.418 e. The van der Waals surface area contributed by atoms with Crippen LogP contribution < -0.4 is 20.7 Å². The van der Waals surface area contributed by atoms with Gasteiger partial charge in [-0.3, -0.25) is 4.90 Å². The van der Waals surface area contributed by atoms with E-state index in [0.29, 0.717) is 31.9 Å². The summed E-state index contributed by atoms with van der Waals surface area (Å²) in [5.74, 6) is -0.903. The Bertz CT molecular complexity index is 1590. The first-order valence-corrected chi connectivity index (χ1v) is 14.9. The summed E-state index contributed by atoms with van der Waals surface area (Å²) in [4.78, 5) is 17.1. The number of halogens is 6. The van der Waals surface area contributed by atoms with Crippen molar-refractivity contribution in [3.8, 4) is 17.3 Å². The Kier molecular flexibility index (Phi) is 6.86. The maximum Gasteiger partial charge on any atom is 0.418 e. The zero-order valence-electron chi connectivity index (χ0n) is 23.4. The van der Waals surface area contributed by atoms with Gasteiger partial charge in [0.1, 0.15) is 29.9 Å².